The zero-order valence-electron chi connectivity index (χ0n) is 10.3. The van der Waals surface area contributed by atoms with E-state index in [-0.39, 0.29) is 0 Å². The highest BCUT2D eigenvalue weighted by molar-refractivity contribution is 4.93. The minimum absolute atomic E-state index is 0.865. The van der Waals surface area contributed by atoms with Gasteiger partial charge in [-0.3, -0.25) is 0 Å². The Morgan fingerprint density at radius 2 is 1.64 bits per heavy atom. The maximum atomic E-state index is 2.51. The highest BCUT2D eigenvalue weighted by atomic mass is 14.5. The lowest BCUT2D eigenvalue weighted by Gasteiger charge is -2.34. The topological polar surface area (TPSA) is 0 Å². The summed E-state index contributed by atoms with van der Waals surface area (Å²) in [5, 5.41) is 0. The normalized spacial score (nSPS) is 40.5. The van der Waals surface area contributed by atoms with Crippen LogP contribution < -0.4 is 0 Å². The lowest BCUT2D eigenvalue weighted by Crippen LogP contribution is -2.26. The molecular weight excluding hydrogens is 168 g/mol. The van der Waals surface area contributed by atoms with E-state index in [1.807, 2.05) is 0 Å². The fourth-order valence-electron chi connectivity index (χ4n) is 3.93. The van der Waals surface area contributed by atoms with Gasteiger partial charge >= 0.3 is 0 Å². The van der Waals surface area contributed by atoms with Gasteiger partial charge in [-0.1, -0.05) is 34.1 Å². The molecule has 5 unspecified atom stereocenters. The molecule has 0 N–H and O–H groups in total. The van der Waals surface area contributed by atoms with Crippen LogP contribution in [-0.4, -0.2) is 0 Å². The molecule has 0 amide bonds. The number of fused-ring (bicyclic) bond motifs is 2. The zero-order valence-corrected chi connectivity index (χ0v) is 10.3. The van der Waals surface area contributed by atoms with E-state index in [2.05, 4.69) is 27.7 Å². The minimum Gasteiger partial charge on any atom is -0.0625 e. The molecule has 2 fully saturated rings. The Kier molecular flexibility index (Phi) is 2.91. The maximum absolute atomic E-state index is 2.51. The molecule has 0 aromatic carbocycles. The summed E-state index contributed by atoms with van der Waals surface area (Å²) >= 11 is 0. The Bertz CT molecular complexity index is 194. The smallest absolute Gasteiger partial charge is 0.0355 e. The van der Waals surface area contributed by atoms with E-state index in [4.69, 9.17) is 0 Å². The first-order valence-corrected chi connectivity index (χ1v) is 6.59. The van der Waals surface area contributed by atoms with Crippen molar-refractivity contribution in [3.8, 4) is 0 Å². The van der Waals surface area contributed by atoms with Gasteiger partial charge in [0.15, 0.2) is 0 Å². The third-order valence-electron chi connectivity index (χ3n) is 5.35. The van der Waals surface area contributed by atoms with Crippen molar-refractivity contribution in [3.05, 3.63) is 0 Å². The van der Waals surface area contributed by atoms with Crippen molar-refractivity contribution in [1.29, 1.82) is 0 Å². The molecule has 0 spiro atoms. The molecule has 2 bridgehead atoms. The van der Waals surface area contributed by atoms with E-state index in [0.717, 1.165) is 35.5 Å². The van der Waals surface area contributed by atoms with Crippen molar-refractivity contribution >= 4 is 0 Å². The molecule has 0 heteroatoms. The van der Waals surface area contributed by atoms with Crippen molar-refractivity contribution in [2.24, 2.45) is 35.5 Å². The fraction of sp³-hybridized carbons (Fsp3) is 1.00. The van der Waals surface area contributed by atoms with Crippen LogP contribution in [0.3, 0.4) is 0 Å². The van der Waals surface area contributed by atoms with Crippen LogP contribution in [-0.2, 0) is 0 Å². The first-order chi connectivity index (χ1) is 6.59. The zero-order chi connectivity index (χ0) is 10.3. The largest absolute Gasteiger partial charge is 0.0625 e. The molecule has 0 radical (unpaired) electrons. The maximum Gasteiger partial charge on any atom is -0.0355 e. The predicted molar refractivity (Wildman–Crippen MR) is 62.1 cm³/mol. The van der Waals surface area contributed by atoms with Crippen molar-refractivity contribution in [3.63, 3.8) is 0 Å². The molecule has 2 aliphatic rings. The van der Waals surface area contributed by atoms with Crippen LogP contribution in [0.15, 0.2) is 0 Å². The second kappa shape index (κ2) is 3.87. The summed E-state index contributed by atoms with van der Waals surface area (Å²) in [6.45, 7) is 9.74. The average molecular weight is 194 g/mol. The summed E-state index contributed by atoms with van der Waals surface area (Å²) < 4.78 is 0. The van der Waals surface area contributed by atoms with Crippen LogP contribution in [0.2, 0.25) is 0 Å². The predicted octanol–water partition coefficient (Wildman–Crippen LogP) is 4.35. The summed E-state index contributed by atoms with van der Waals surface area (Å²) in [5.74, 6) is 6.04. The first-order valence-electron chi connectivity index (χ1n) is 6.59. The third-order valence-corrected chi connectivity index (χ3v) is 5.35. The Morgan fingerprint density at radius 1 is 0.929 bits per heavy atom. The SMILES string of the molecule is CC(C)C(C)C(C)C1CC2CCC1C2. The molecule has 0 aromatic heterocycles. The Labute approximate surface area is 89.5 Å². The van der Waals surface area contributed by atoms with Crippen molar-refractivity contribution in [1.82, 2.24) is 0 Å². The Balaban J connectivity index is 1.95. The van der Waals surface area contributed by atoms with Gasteiger partial charge < -0.3 is 0 Å². The summed E-state index contributed by atoms with van der Waals surface area (Å²) in [6, 6.07) is 0. The first kappa shape index (κ1) is 10.5. The number of hydrogen-bond donors (Lipinski definition) is 0. The van der Waals surface area contributed by atoms with Crippen LogP contribution in [0.4, 0.5) is 0 Å². The van der Waals surface area contributed by atoms with Gasteiger partial charge in [0, 0.05) is 0 Å². The lowest BCUT2D eigenvalue weighted by molar-refractivity contribution is 0.156. The summed E-state index contributed by atoms with van der Waals surface area (Å²) in [6.07, 6.45) is 6.22. The van der Waals surface area contributed by atoms with E-state index in [0.29, 0.717) is 0 Å². The minimum atomic E-state index is 0.865. The molecule has 0 nitrogen and oxygen atoms in total. The Hall–Kier alpha value is 0. The van der Waals surface area contributed by atoms with Gasteiger partial charge in [0.1, 0.15) is 0 Å². The molecule has 0 heterocycles. The quantitative estimate of drug-likeness (QED) is 0.626. The molecule has 82 valence electrons. The van der Waals surface area contributed by atoms with E-state index >= 15 is 0 Å². The van der Waals surface area contributed by atoms with Crippen LogP contribution in [0, 0.1) is 35.5 Å². The molecule has 0 aromatic rings. The van der Waals surface area contributed by atoms with Gasteiger partial charge in [0.25, 0.3) is 0 Å². The van der Waals surface area contributed by atoms with E-state index in [9.17, 15) is 0 Å². The van der Waals surface area contributed by atoms with Crippen LogP contribution in [0.5, 0.6) is 0 Å². The molecular formula is C14H26. The third kappa shape index (κ3) is 1.73. The molecule has 0 saturated heterocycles. The van der Waals surface area contributed by atoms with Gasteiger partial charge in [-0.2, -0.15) is 0 Å². The standard InChI is InChI=1S/C14H26/c1-9(2)10(3)11(4)14-8-12-5-6-13(14)7-12/h9-14H,5-8H2,1-4H3. The van der Waals surface area contributed by atoms with Gasteiger partial charge in [0.05, 0.1) is 0 Å². The van der Waals surface area contributed by atoms with Crippen LogP contribution in [0.1, 0.15) is 53.4 Å². The monoisotopic (exact) mass is 194 g/mol. The Morgan fingerprint density at radius 3 is 2.07 bits per heavy atom. The molecule has 0 aliphatic heterocycles. The number of hydrogen-bond acceptors (Lipinski definition) is 0. The number of rotatable bonds is 3. The van der Waals surface area contributed by atoms with Gasteiger partial charge in [-0.05, 0) is 54.8 Å². The van der Waals surface area contributed by atoms with Gasteiger partial charge in [-0.25, -0.2) is 0 Å². The van der Waals surface area contributed by atoms with Crippen molar-refractivity contribution in [2.75, 3.05) is 0 Å². The lowest BCUT2D eigenvalue weighted by atomic mass is 9.72. The average Bonchev–Trinajstić information content (AvgIpc) is 2.76. The summed E-state index contributed by atoms with van der Waals surface area (Å²) in [5.41, 5.74) is 0. The van der Waals surface area contributed by atoms with Crippen molar-refractivity contribution < 1.29 is 0 Å². The molecule has 2 rings (SSSR count). The van der Waals surface area contributed by atoms with Crippen LogP contribution in [0.25, 0.3) is 0 Å². The van der Waals surface area contributed by atoms with Crippen molar-refractivity contribution in [2.45, 2.75) is 53.4 Å². The fourth-order valence-corrected chi connectivity index (χ4v) is 3.93. The van der Waals surface area contributed by atoms with Gasteiger partial charge in [-0.15, -0.1) is 0 Å². The molecule has 14 heavy (non-hydrogen) atoms. The van der Waals surface area contributed by atoms with Gasteiger partial charge in [0.2, 0.25) is 0 Å². The summed E-state index contributed by atoms with van der Waals surface area (Å²) in [4.78, 5) is 0. The summed E-state index contributed by atoms with van der Waals surface area (Å²) in [7, 11) is 0. The second-order valence-electron chi connectivity index (χ2n) is 6.30. The highest BCUT2D eigenvalue weighted by Crippen LogP contribution is 2.52. The molecule has 2 saturated carbocycles. The highest BCUT2D eigenvalue weighted by Gasteiger charge is 2.42. The molecule has 2 aliphatic carbocycles. The van der Waals surface area contributed by atoms with E-state index in [1.165, 1.54) is 0 Å². The van der Waals surface area contributed by atoms with Crippen LogP contribution >= 0.6 is 0 Å². The second-order valence-corrected chi connectivity index (χ2v) is 6.30. The van der Waals surface area contributed by atoms with E-state index in [1.54, 1.807) is 25.7 Å². The van der Waals surface area contributed by atoms with E-state index < -0.39 is 0 Å². The molecule has 5 atom stereocenters.